The van der Waals surface area contributed by atoms with Gasteiger partial charge in [-0.15, -0.1) is 0 Å². The molecule has 0 bridgehead atoms. The molecule has 8 heteroatoms. The summed E-state index contributed by atoms with van der Waals surface area (Å²) in [7, 11) is 0. The van der Waals surface area contributed by atoms with E-state index < -0.39 is 23.8 Å². The first-order valence-electron chi connectivity index (χ1n) is 10.8. The van der Waals surface area contributed by atoms with Crippen molar-refractivity contribution in [1.29, 1.82) is 0 Å². The summed E-state index contributed by atoms with van der Waals surface area (Å²) in [6.07, 6.45) is -4.38. The van der Waals surface area contributed by atoms with Gasteiger partial charge in [0.25, 0.3) is 5.91 Å². The number of hydrogen-bond donors (Lipinski definition) is 2. The van der Waals surface area contributed by atoms with Gasteiger partial charge in [0.2, 0.25) is 0 Å². The Hall–Kier alpha value is -3.81. The third-order valence-corrected chi connectivity index (χ3v) is 5.88. The highest BCUT2D eigenvalue weighted by atomic mass is 19.4. The van der Waals surface area contributed by atoms with Gasteiger partial charge in [-0.2, -0.15) is 13.2 Å². The molecule has 0 aromatic heterocycles. The summed E-state index contributed by atoms with van der Waals surface area (Å²) in [6.45, 7) is 3.82. The number of halogens is 3. The van der Waals surface area contributed by atoms with Crippen molar-refractivity contribution in [1.82, 2.24) is 4.90 Å². The molecular formula is C26H23F3N2O3. The van der Waals surface area contributed by atoms with Gasteiger partial charge in [-0.05, 0) is 65.1 Å². The number of alkyl halides is 3. The number of aliphatic carboxylic acids is 1. The van der Waals surface area contributed by atoms with Crippen molar-refractivity contribution in [3.8, 4) is 11.1 Å². The number of nitrogens with zero attached hydrogens (tertiary/aromatic N) is 1. The number of nitrogens with one attached hydrogen (secondary N) is 1. The van der Waals surface area contributed by atoms with Crippen molar-refractivity contribution in [2.45, 2.75) is 32.6 Å². The molecule has 0 saturated heterocycles. The zero-order chi connectivity index (χ0) is 24.6. The molecule has 4 rings (SSSR count). The second-order valence-corrected chi connectivity index (χ2v) is 8.61. The summed E-state index contributed by atoms with van der Waals surface area (Å²) >= 11 is 0. The van der Waals surface area contributed by atoms with Gasteiger partial charge in [0.1, 0.15) is 6.04 Å². The van der Waals surface area contributed by atoms with E-state index in [0.717, 1.165) is 28.8 Å². The summed E-state index contributed by atoms with van der Waals surface area (Å²) in [4.78, 5) is 26.0. The Labute approximate surface area is 194 Å². The van der Waals surface area contributed by atoms with Gasteiger partial charge in [-0.25, -0.2) is 4.79 Å². The van der Waals surface area contributed by atoms with Crippen molar-refractivity contribution < 1.29 is 27.9 Å². The molecule has 5 nitrogen and oxygen atoms in total. The quantitative estimate of drug-likeness (QED) is 0.453. The Kier molecular flexibility index (Phi) is 6.08. The average Bonchev–Trinajstić information content (AvgIpc) is 3.09. The minimum Gasteiger partial charge on any atom is -0.480 e. The Morgan fingerprint density at radius 1 is 0.941 bits per heavy atom. The van der Waals surface area contributed by atoms with Gasteiger partial charge in [0.05, 0.1) is 5.56 Å². The normalized spacial score (nSPS) is 14.3. The predicted octanol–water partition coefficient (Wildman–Crippen LogP) is 6.18. The molecule has 0 aliphatic carbocycles. The fraction of sp³-hybridized carbons (Fsp3) is 0.231. The SMILES string of the molecule is CC(C)[C@@H](C(=O)O)N1Cc2ccc(-c3ccc(Nc4ccc(C(F)(F)F)cc4)cc3)cc2C1=O. The summed E-state index contributed by atoms with van der Waals surface area (Å²) < 4.78 is 38.2. The van der Waals surface area contributed by atoms with E-state index in [1.807, 2.05) is 24.3 Å². The first-order chi connectivity index (χ1) is 16.0. The maximum atomic E-state index is 13.0. The standard InChI is InChI=1S/C26H23F3N2O3/c1-15(2)23(25(33)34)31-14-18-4-3-17(13-22(18)24(31)32)16-5-9-20(10-6-16)30-21-11-7-19(8-12-21)26(27,28)29/h3-13,15,23,30H,14H2,1-2H3,(H,33,34)/t23-/m0/s1. The molecule has 176 valence electrons. The molecule has 3 aromatic rings. The summed E-state index contributed by atoms with van der Waals surface area (Å²) in [5.74, 6) is -1.54. The Morgan fingerprint density at radius 3 is 2.03 bits per heavy atom. The number of amides is 1. The van der Waals surface area contributed by atoms with Crippen LogP contribution in [0.25, 0.3) is 11.1 Å². The Balaban J connectivity index is 1.51. The molecule has 0 spiro atoms. The molecule has 1 heterocycles. The lowest BCUT2D eigenvalue weighted by Gasteiger charge is -2.27. The highest BCUT2D eigenvalue weighted by Crippen LogP contribution is 2.33. The van der Waals surface area contributed by atoms with Crippen LogP contribution in [-0.4, -0.2) is 27.9 Å². The van der Waals surface area contributed by atoms with Crippen LogP contribution in [0.5, 0.6) is 0 Å². The van der Waals surface area contributed by atoms with Crippen LogP contribution in [0, 0.1) is 5.92 Å². The average molecular weight is 468 g/mol. The minimum absolute atomic E-state index is 0.222. The fourth-order valence-corrected chi connectivity index (χ4v) is 4.16. The second-order valence-electron chi connectivity index (χ2n) is 8.61. The van der Waals surface area contributed by atoms with E-state index in [9.17, 15) is 27.9 Å². The molecule has 0 saturated carbocycles. The van der Waals surface area contributed by atoms with Crippen molar-refractivity contribution in [3.05, 3.63) is 83.4 Å². The maximum absolute atomic E-state index is 13.0. The number of anilines is 2. The van der Waals surface area contributed by atoms with Crippen molar-refractivity contribution >= 4 is 23.3 Å². The van der Waals surface area contributed by atoms with E-state index in [1.165, 1.54) is 17.0 Å². The molecule has 34 heavy (non-hydrogen) atoms. The van der Waals surface area contributed by atoms with E-state index in [0.29, 0.717) is 16.9 Å². The van der Waals surface area contributed by atoms with Crippen LogP contribution in [0.1, 0.15) is 35.3 Å². The predicted molar refractivity (Wildman–Crippen MR) is 123 cm³/mol. The number of carbonyl (C=O) groups excluding carboxylic acids is 1. The molecule has 0 radical (unpaired) electrons. The van der Waals surface area contributed by atoms with Crippen LogP contribution in [0.15, 0.2) is 66.7 Å². The van der Waals surface area contributed by atoms with Gasteiger partial charge in [0, 0.05) is 23.5 Å². The number of carboxylic acid groups (broad SMARTS) is 1. The lowest BCUT2D eigenvalue weighted by atomic mass is 10.00. The Bertz CT molecular complexity index is 1220. The summed E-state index contributed by atoms with van der Waals surface area (Å²) in [6, 6.07) is 16.7. The zero-order valence-corrected chi connectivity index (χ0v) is 18.6. The van der Waals surface area contributed by atoms with Gasteiger partial charge < -0.3 is 15.3 Å². The van der Waals surface area contributed by atoms with Gasteiger partial charge >= 0.3 is 12.1 Å². The van der Waals surface area contributed by atoms with Crippen LogP contribution >= 0.6 is 0 Å². The van der Waals surface area contributed by atoms with Gasteiger partial charge in [-0.1, -0.05) is 38.1 Å². The molecule has 1 amide bonds. The third-order valence-electron chi connectivity index (χ3n) is 5.88. The topological polar surface area (TPSA) is 69.6 Å². The highest BCUT2D eigenvalue weighted by molar-refractivity contribution is 6.01. The first kappa shape index (κ1) is 23.4. The monoisotopic (exact) mass is 468 g/mol. The van der Waals surface area contributed by atoms with Gasteiger partial charge in [0.15, 0.2) is 0 Å². The number of hydrogen-bond acceptors (Lipinski definition) is 3. The largest absolute Gasteiger partial charge is 0.480 e. The lowest BCUT2D eigenvalue weighted by Crippen LogP contribution is -2.44. The maximum Gasteiger partial charge on any atom is 0.416 e. The number of rotatable bonds is 6. The molecule has 3 aromatic carbocycles. The Morgan fingerprint density at radius 2 is 1.50 bits per heavy atom. The molecular weight excluding hydrogens is 445 g/mol. The molecule has 1 aliphatic heterocycles. The lowest BCUT2D eigenvalue weighted by molar-refractivity contribution is -0.144. The first-order valence-corrected chi connectivity index (χ1v) is 10.8. The summed E-state index contributed by atoms with van der Waals surface area (Å²) in [5, 5.41) is 12.6. The van der Waals surface area contributed by atoms with E-state index in [1.54, 1.807) is 32.0 Å². The van der Waals surface area contributed by atoms with E-state index in [2.05, 4.69) is 5.32 Å². The van der Waals surface area contributed by atoms with Crippen molar-refractivity contribution in [3.63, 3.8) is 0 Å². The number of carboxylic acids is 1. The van der Waals surface area contributed by atoms with Crippen LogP contribution in [0.3, 0.4) is 0 Å². The summed E-state index contributed by atoms with van der Waals surface area (Å²) in [5.41, 5.74) is 3.48. The van der Waals surface area contributed by atoms with E-state index in [-0.39, 0.29) is 18.4 Å². The van der Waals surface area contributed by atoms with Crippen LogP contribution in [-0.2, 0) is 17.5 Å². The van der Waals surface area contributed by atoms with E-state index in [4.69, 9.17) is 0 Å². The zero-order valence-electron chi connectivity index (χ0n) is 18.6. The second kappa shape index (κ2) is 8.85. The van der Waals surface area contributed by atoms with Crippen LogP contribution in [0.4, 0.5) is 24.5 Å². The molecule has 0 unspecified atom stereocenters. The van der Waals surface area contributed by atoms with Crippen LogP contribution < -0.4 is 5.32 Å². The van der Waals surface area contributed by atoms with Crippen molar-refractivity contribution in [2.75, 3.05) is 5.32 Å². The van der Waals surface area contributed by atoms with Gasteiger partial charge in [-0.3, -0.25) is 4.79 Å². The number of carbonyl (C=O) groups is 2. The smallest absolute Gasteiger partial charge is 0.416 e. The van der Waals surface area contributed by atoms with Crippen molar-refractivity contribution in [2.24, 2.45) is 5.92 Å². The number of benzene rings is 3. The van der Waals surface area contributed by atoms with Crippen LogP contribution in [0.2, 0.25) is 0 Å². The number of fused-ring (bicyclic) bond motifs is 1. The molecule has 0 fully saturated rings. The minimum atomic E-state index is -4.38. The molecule has 1 atom stereocenters. The highest BCUT2D eigenvalue weighted by Gasteiger charge is 2.38. The van der Waals surface area contributed by atoms with E-state index >= 15 is 0 Å². The third kappa shape index (κ3) is 4.62. The molecule has 2 N–H and O–H groups in total. The molecule has 1 aliphatic rings. The fourth-order valence-electron chi connectivity index (χ4n) is 4.16.